The van der Waals surface area contributed by atoms with Gasteiger partial charge < -0.3 is 19.5 Å². The highest BCUT2D eigenvalue weighted by molar-refractivity contribution is 6.42. The van der Waals surface area contributed by atoms with Crippen LogP contribution in [0.5, 0.6) is 5.75 Å². The Balaban J connectivity index is 2.19. The van der Waals surface area contributed by atoms with Crippen LogP contribution in [0.15, 0.2) is 41.3 Å². The van der Waals surface area contributed by atoms with Gasteiger partial charge in [-0.3, -0.25) is 4.79 Å². The third-order valence-electron chi connectivity index (χ3n) is 4.12. The average molecular weight is 426 g/mol. The van der Waals surface area contributed by atoms with Crippen LogP contribution in [-0.2, 0) is 13.0 Å². The van der Waals surface area contributed by atoms with Gasteiger partial charge in [0.2, 0.25) is 5.43 Å². The molecule has 1 heterocycles. The van der Waals surface area contributed by atoms with Gasteiger partial charge in [-0.25, -0.2) is 9.18 Å². The Hall–Kier alpha value is -2.61. The summed E-state index contributed by atoms with van der Waals surface area (Å²) < 4.78 is 20.6. The van der Waals surface area contributed by atoms with Crippen molar-refractivity contribution >= 4 is 40.3 Å². The van der Waals surface area contributed by atoms with E-state index in [1.54, 1.807) is 18.2 Å². The second-order valence-electron chi connectivity index (χ2n) is 5.97. The lowest BCUT2D eigenvalue weighted by Crippen LogP contribution is -2.18. The van der Waals surface area contributed by atoms with Crippen molar-refractivity contribution in [3.05, 3.63) is 73.7 Å². The van der Waals surface area contributed by atoms with Gasteiger partial charge in [-0.15, -0.1) is 0 Å². The third-order valence-corrected chi connectivity index (χ3v) is 4.97. The molecule has 0 aliphatic carbocycles. The predicted molar refractivity (Wildman–Crippen MR) is 103 cm³/mol. The SMILES string of the molecule is O=C(O)Oc1cn(CCO)c2c(F)cc(Cc3cccc(Cl)c3Cl)cc2c1=O. The molecule has 2 N–H and O–H groups in total. The predicted octanol–water partition coefficient (Wildman–Crippen LogP) is 4.09. The van der Waals surface area contributed by atoms with Gasteiger partial charge in [0.15, 0.2) is 5.75 Å². The fourth-order valence-electron chi connectivity index (χ4n) is 2.98. The number of carboxylic acid groups (broad SMARTS) is 1. The van der Waals surface area contributed by atoms with E-state index < -0.39 is 23.2 Å². The van der Waals surface area contributed by atoms with E-state index in [2.05, 4.69) is 4.74 Å². The van der Waals surface area contributed by atoms with E-state index >= 15 is 0 Å². The lowest BCUT2D eigenvalue weighted by molar-refractivity contribution is 0.143. The van der Waals surface area contributed by atoms with Gasteiger partial charge in [-0.05, 0) is 35.7 Å². The maximum atomic E-state index is 14.8. The summed E-state index contributed by atoms with van der Waals surface area (Å²) in [6.45, 7) is -0.396. The van der Waals surface area contributed by atoms with Gasteiger partial charge >= 0.3 is 6.16 Å². The molecular formula is C19H14Cl2FNO5. The molecule has 0 bridgehead atoms. The fourth-order valence-corrected chi connectivity index (χ4v) is 3.36. The van der Waals surface area contributed by atoms with Crippen molar-refractivity contribution in [3.63, 3.8) is 0 Å². The molecule has 0 aliphatic rings. The first kappa shape index (κ1) is 20.1. The molecule has 0 unspecified atom stereocenters. The molecular weight excluding hydrogens is 412 g/mol. The molecule has 0 fully saturated rings. The van der Waals surface area contributed by atoms with Crippen molar-refractivity contribution in [3.8, 4) is 5.75 Å². The number of rotatable bonds is 5. The zero-order valence-corrected chi connectivity index (χ0v) is 15.8. The summed E-state index contributed by atoms with van der Waals surface area (Å²) in [6, 6.07) is 7.75. The molecule has 1 aromatic heterocycles. The van der Waals surface area contributed by atoms with E-state index in [9.17, 15) is 19.1 Å². The topological polar surface area (TPSA) is 88.8 Å². The normalized spacial score (nSPS) is 11.0. The number of halogens is 3. The molecule has 0 radical (unpaired) electrons. The lowest BCUT2D eigenvalue weighted by atomic mass is 10.0. The number of fused-ring (bicyclic) bond motifs is 1. The number of aromatic nitrogens is 1. The van der Waals surface area contributed by atoms with Gasteiger partial charge in [0.05, 0.1) is 33.8 Å². The molecule has 0 atom stereocenters. The smallest absolute Gasteiger partial charge is 0.449 e. The number of hydrogen-bond donors (Lipinski definition) is 2. The van der Waals surface area contributed by atoms with Crippen LogP contribution in [0.4, 0.5) is 9.18 Å². The van der Waals surface area contributed by atoms with Crippen molar-refractivity contribution in [2.45, 2.75) is 13.0 Å². The summed E-state index contributed by atoms with van der Waals surface area (Å²) in [6.07, 6.45) is -0.407. The van der Waals surface area contributed by atoms with E-state index in [0.717, 1.165) is 6.20 Å². The van der Waals surface area contributed by atoms with E-state index in [0.29, 0.717) is 21.2 Å². The molecule has 0 saturated carbocycles. The number of aliphatic hydroxyl groups excluding tert-OH is 1. The summed E-state index contributed by atoms with van der Waals surface area (Å²) in [7, 11) is 0. The zero-order valence-electron chi connectivity index (χ0n) is 14.3. The minimum absolute atomic E-state index is 0.0524. The van der Waals surface area contributed by atoms with Crippen LogP contribution in [-0.4, -0.2) is 27.5 Å². The first-order chi connectivity index (χ1) is 13.3. The van der Waals surface area contributed by atoms with Crippen LogP contribution in [0.1, 0.15) is 11.1 Å². The summed E-state index contributed by atoms with van der Waals surface area (Å²) in [5.41, 5.74) is 0.248. The first-order valence-corrected chi connectivity index (χ1v) is 8.87. The molecule has 3 aromatic rings. The Morgan fingerprint density at radius 1 is 1.25 bits per heavy atom. The minimum atomic E-state index is -1.67. The number of carbonyl (C=O) groups is 1. The first-order valence-electron chi connectivity index (χ1n) is 8.12. The van der Waals surface area contributed by atoms with Crippen LogP contribution in [0.3, 0.4) is 0 Å². The Kier molecular flexibility index (Phi) is 5.88. The number of aliphatic hydroxyl groups is 1. The monoisotopic (exact) mass is 425 g/mol. The standard InChI is InChI=1S/C19H14Cl2FNO5/c20-13-3-1-2-11(16(13)21)6-10-7-12-17(14(22)8-10)23(4-5-24)9-15(18(12)25)28-19(26)27/h1-3,7-9,24H,4-6H2,(H,26,27). The van der Waals surface area contributed by atoms with Crippen molar-refractivity contribution in [2.24, 2.45) is 0 Å². The summed E-state index contributed by atoms with van der Waals surface area (Å²) >= 11 is 12.2. The summed E-state index contributed by atoms with van der Waals surface area (Å²) in [5.74, 6) is -1.18. The number of ether oxygens (including phenoxy) is 1. The van der Waals surface area contributed by atoms with E-state index in [1.165, 1.54) is 16.7 Å². The largest absolute Gasteiger partial charge is 0.511 e. The maximum Gasteiger partial charge on any atom is 0.511 e. The Morgan fingerprint density at radius 3 is 2.68 bits per heavy atom. The summed E-state index contributed by atoms with van der Waals surface area (Å²) in [4.78, 5) is 23.5. The molecule has 0 saturated heterocycles. The zero-order chi connectivity index (χ0) is 20.4. The quantitative estimate of drug-likeness (QED) is 0.601. The van der Waals surface area contributed by atoms with Gasteiger partial charge in [0, 0.05) is 6.54 Å². The maximum absolute atomic E-state index is 14.8. The molecule has 3 rings (SSSR count). The van der Waals surface area contributed by atoms with E-state index in [4.69, 9.17) is 28.3 Å². The highest BCUT2D eigenvalue weighted by Crippen LogP contribution is 2.29. The molecule has 2 aromatic carbocycles. The Bertz CT molecular complexity index is 1130. The second-order valence-corrected chi connectivity index (χ2v) is 6.76. The molecule has 6 nitrogen and oxygen atoms in total. The number of pyridine rings is 1. The Labute approximate surface area is 168 Å². The van der Waals surface area contributed by atoms with E-state index in [1.807, 2.05) is 0 Å². The highest BCUT2D eigenvalue weighted by atomic mass is 35.5. The van der Waals surface area contributed by atoms with Crippen molar-refractivity contribution in [1.82, 2.24) is 4.57 Å². The number of hydrogen-bond acceptors (Lipinski definition) is 4. The molecule has 0 spiro atoms. The van der Waals surface area contributed by atoms with Crippen molar-refractivity contribution in [2.75, 3.05) is 6.61 Å². The fraction of sp³-hybridized carbons (Fsp3) is 0.158. The minimum Gasteiger partial charge on any atom is -0.449 e. The molecule has 146 valence electrons. The average Bonchev–Trinajstić information content (AvgIpc) is 2.62. The lowest BCUT2D eigenvalue weighted by Gasteiger charge is -2.14. The van der Waals surface area contributed by atoms with E-state index in [-0.39, 0.29) is 30.5 Å². The van der Waals surface area contributed by atoms with Crippen LogP contribution in [0.25, 0.3) is 10.9 Å². The van der Waals surface area contributed by atoms with Gasteiger partial charge in [-0.1, -0.05) is 35.3 Å². The highest BCUT2D eigenvalue weighted by Gasteiger charge is 2.17. The van der Waals surface area contributed by atoms with Crippen LogP contribution < -0.4 is 10.2 Å². The van der Waals surface area contributed by atoms with Gasteiger partial charge in [0.25, 0.3) is 0 Å². The molecule has 0 amide bonds. The van der Waals surface area contributed by atoms with Crippen LogP contribution in [0, 0.1) is 5.82 Å². The van der Waals surface area contributed by atoms with Crippen molar-refractivity contribution in [1.29, 1.82) is 0 Å². The molecule has 28 heavy (non-hydrogen) atoms. The van der Waals surface area contributed by atoms with Gasteiger partial charge in [0.1, 0.15) is 5.82 Å². The second kappa shape index (κ2) is 8.18. The van der Waals surface area contributed by atoms with Crippen molar-refractivity contribution < 1.29 is 24.1 Å². The summed E-state index contributed by atoms with van der Waals surface area (Å²) in [5, 5.41) is 18.6. The molecule has 0 aliphatic heterocycles. The van der Waals surface area contributed by atoms with Crippen LogP contribution in [0.2, 0.25) is 10.0 Å². The Morgan fingerprint density at radius 2 is 2.00 bits per heavy atom. The number of benzene rings is 2. The number of nitrogens with zero attached hydrogens (tertiary/aromatic N) is 1. The van der Waals surface area contributed by atoms with Gasteiger partial charge in [-0.2, -0.15) is 0 Å². The van der Waals surface area contributed by atoms with Crippen LogP contribution >= 0.6 is 23.2 Å². The third kappa shape index (κ3) is 3.96. The molecule has 9 heteroatoms.